The number of aryl methyl sites for hydroxylation is 3. The van der Waals surface area contributed by atoms with Crippen LogP contribution in [0.3, 0.4) is 0 Å². The molecule has 0 spiro atoms. The van der Waals surface area contributed by atoms with Crippen molar-refractivity contribution < 1.29 is 4.79 Å². The summed E-state index contributed by atoms with van der Waals surface area (Å²) in [5, 5.41) is 2.99. The van der Waals surface area contributed by atoms with Crippen LogP contribution in [0.5, 0.6) is 0 Å². The van der Waals surface area contributed by atoms with Crippen LogP contribution in [0.25, 0.3) is 0 Å². The molecule has 1 amide bonds. The van der Waals surface area contributed by atoms with Crippen LogP contribution in [-0.2, 0) is 17.8 Å². The molecule has 0 aliphatic carbocycles. The van der Waals surface area contributed by atoms with Gasteiger partial charge in [-0.05, 0) is 37.0 Å². The van der Waals surface area contributed by atoms with Gasteiger partial charge in [-0.3, -0.25) is 4.79 Å². The highest BCUT2D eigenvalue weighted by molar-refractivity contribution is 5.76. The molecule has 0 aromatic heterocycles. The smallest absolute Gasteiger partial charge is 0.220 e. The first-order valence-corrected chi connectivity index (χ1v) is 7.02. The Hall–Kier alpha value is -2.09. The van der Waals surface area contributed by atoms with E-state index >= 15 is 0 Å². The SMILES string of the molecule is Cc1cccc(CCC(=O)NCc2ccccc2C)c1. The lowest BCUT2D eigenvalue weighted by atomic mass is 10.1. The third-order valence-corrected chi connectivity index (χ3v) is 3.46. The molecular formula is C18H21NO. The van der Waals surface area contributed by atoms with Crippen molar-refractivity contribution in [1.29, 1.82) is 0 Å². The molecule has 0 bridgehead atoms. The highest BCUT2D eigenvalue weighted by Gasteiger charge is 2.03. The number of amides is 1. The van der Waals surface area contributed by atoms with E-state index in [0.29, 0.717) is 13.0 Å². The molecule has 2 aromatic rings. The third-order valence-electron chi connectivity index (χ3n) is 3.46. The van der Waals surface area contributed by atoms with Crippen LogP contribution in [0.15, 0.2) is 48.5 Å². The first-order chi connectivity index (χ1) is 9.65. The van der Waals surface area contributed by atoms with Crippen LogP contribution in [-0.4, -0.2) is 5.91 Å². The number of benzene rings is 2. The molecule has 0 atom stereocenters. The van der Waals surface area contributed by atoms with E-state index < -0.39 is 0 Å². The predicted octanol–water partition coefficient (Wildman–Crippen LogP) is 3.55. The molecule has 0 heterocycles. The molecule has 2 heteroatoms. The summed E-state index contributed by atoms with van der Waals surface area (Å²) in [4.78, 5) is 11.9. The van der Waals surface area contributed by atoms with Gasteiger partial charge in [0, 0.05) is 13.0 Å². The van der Waals surface area contributed by atoms with E-state index in [1.165, 1.54) is 22.3 Å². The molecule has 20 heavy (non-hydrogen) atoms. The first-order valence-electron chi connectivity index (χ1n) is 7.02. The number of carbonyl (C=O) groups excluding carboxylic acids is 1. The van der Waals surface area contributed by atoms with E-state index in [9.17, 15) is 4.79 Å². The molecule has 2 rings (SSSR count). The minimum atomic E-state index is 0.106. The van der Waals surface area contributed by atoms with E-state index in [-0.39, 0.29) is 5.91 Å². The summed E-state index contributed by atoms with van der Waals surface area (Å²) in [6.07, 6.45) is 1.33. The largest absolute Gasteiger partial charge is 0.352 e. The molecule has 104 valence electrons. The second-order valence-electron chi connectivity index (χ2n) is 5.19. The molecule has 0 aliphatic heterocycles. The number of nitrogens with one attached hydrogen (secondary N) is 1. The third kappa shape index (κ3) is 4.23. The van der Waals surface area contributed by atoms with Crippen molar-refractivity contribution in [1.82, 2.24) is 5.32 Å². The Labute approximate surface area is 120 Å². The maximum Gasteiger partial charge on any atom is 0.220 e. The number of hydrogen-bond acceptors (Lipinski definition) is 1. The molecule has 0 unspecified atom stereocenters. The molecular weight excluding hydrogens is 246 g/mol. The quantitative estimate of drug-likeness (QED) is 0.882. The number of hydrogen-bond donors (Lipinski definition) is 1. The molecule has 0 fully saturated rings. The predicted molar refractivity (Wildman–Crippen MR) is 82.5 cm³/mol. The van der Waals surface area contributed by atoms with Crippen molar-refractivity contribution in [3.63, 3.8) is 0 Å². The van der Waals surface area contributed by atoms with Crippen molar-refractivity contribution in [2.45, 2.75) is 33.2 Å². The van der Waals surface area contributed by atoms with Crippen LogP contribution in [0.4, 0.5) is 0 Å². The van der Waals surface area contributed by atoms with Crippen LogP contribution in [0, 0.1) is 13.8 Å². The summed E-state index contributed by atoms with van der Waals surface area (Å²) in [5.41, 5.74) is 4.85. The molecule has 0 saturated carbocycles. The summed E-state index contributed by atoms with van der Waals surface area (Å²) < 4.78 is 0. The van der Waals surface area contributed by atoms with E-state index in [1.807, 2.05) is 18.2 Å². The van der Waals surface area contributed by atoms with Crippen LogP contribution in [0.1, 0.15) is 28.7 Å². The topological polar surface area (TPSA) is 29.1 Å². The maximum atomic E-state index is 11.9. The van der Waals surface area contributed by atoms with E-state index in [2.05, 4.69) is 49.5 Å². The lowest BCUT2D eigenvalue weighted by molar-refractivity contribution is -0.121. The van der Waals surface area contributed by atoms with E-state index in [4.69, 9.17) is 0 Å². The number of rotatable bonds is 5. The molecule has 2 nitrogen and oxygen atoms in total. The van der Waals surface area contributed by atoms with Crippen molar-refractivity contribution in [3.8, 4) is 0 Å². The van der Waals surface area contributed by atoms with Gasteiger partial charge in [-0.15, -0.1) is 0 Å². The summed E-state index contributed by atoms with van der Waals surface area (Å²) >= 11 is 0. The minimum Gasteiger partial charge on any atom is -0.352 e. The standard InChI is InChI=1S/C18H21NO/c1-14-6-5-8-16(12-14)10-11-18(20)19-13-17-9-4-3-7-15(17)2/h3-9,12H,10-11,13H2,1-2H3,(H,19,20). The van der Waals surface area contributed by atoms with Crippen molar-refractivity contribution >= 4 is 5.91 Å². The Morgan fingerprint density at radius 2 is 1.85 bits per heavy atom. The lowest BCUT2D eigenvalue weighted by Crippen LogP contribution is -2.23. The summed E-state index contributed by atoms with van der Waals surface area (Å²) in [5.74, 6) is 0.106. The summed E-state index contributed by atoms with van der Waals surface area (Å²) in [6.45, 7) is 4.75. The van der Waals surface area contributed by atoms with Crippen molar-refractivity contribution in [3.05, 3.63) is 70.8 Å². The maximum absolute atomic E-state index is 11.9. The van der Waals surface area contributed by atoms with Crippen LogP contribution in [0.2, 0.25) is 0 Å². The van der Waals surface area contributed by atoms with Crippen molar-refractivity contribution in [2.24, 2.45) is 0 Å². The first kappa shape index (κ1) is 14.3. The highest BCUT2D eigenvalue weighted by atomic mass is 16.1. The molecule has 2 aromatic carbocycles. The van der Waals surface area contributed by atoms with Gasteiger partial charge in [-0.1, -0.05) is 54.1 Å². The average Bonchev–Trinajstić information content (AvgIpc) is 2.44. The fourth-order valence-corrected chi connectivity index (χ4v) is 2.22. The minimum absolute atomic E-state index is 0.106. The Morgan fingerprint density at radius 1 is 1.05 bits per heavy atom. The van der Waals surface area contributed by atoms with Gasteiger partial charge >= 0.3 is 0 Å². The van der Waals surface area contributed by atoms with Gasteiger partial charge in [0.15, 0.2) is 0 Å². The van der Waals surface area contributed by atoms with Gasteiger partial charge in [0.25, 0.3) is 0 Å². The number of carbonyl (C=O) groups is 1. The van der Waals surface area contributed by atoms with Gasteiger partial charge in [-0.2, -0.15) is 0 Å². The van der Waals surface area contributed by atoms with E-state index in [0.717, 1.165) is 6.42 Å². The molecule has 0 aliphatic rings. The monoisotopic (exact) mass is 267 g/mol. The Bertz CT molecular complexity index is 589. The highest BCUT2D eigenvalue weighted by Crippen LogP contribution is 2.08. The normalized spacial score (nSPS) is 10.3. The molecule has 0 radical (unpaired) electrons. The average molecular weight is 267 g/mol. The van der Waals surface area contributed by atoms with Crippen molar-refractivity contribution in [2.75, 3.05) is 0 Å². The Balaban J connectivity index is 1.80. The zero-order valence-electron chi connectivity index (χ0n) is 12.1. The Morgan fingerprint density at radius 3 is 2.60 bits per heavy atom. The van der Waals surface area contributed by atoms with Gasteiger partial charge in [0.1, 0.15) is 0 Å². The fourth-order valence-electron chi connectivity index (χ4n) is 2.22. The summed E-state index contributed by atoms with van der Waals surface area (Å²) in [6, 6.07) is 16.4. The summed E-state index contributed by atoms with van der Waals surface area (Å²) in [7, 11) is 0. The van der Waals surface area contributed by atoms with E-state index in [1.54, 1.807) is 0 Å². The Kier molecular flexibility index (Phi) is 4.94. The van der Waals surface area contributed by atoms with Gasteiger partial charge in [0.2, 0.25) is 5.91 Å². The fraction of sp³-hybridized carbons (Fsp3) is 0.278. The molecule has 0 saturated heterocycles. The van der Waals surface area contributed by atoms with Gasteiger partial charge in [0.05, 0.1) is 0 Å². The molecule has 1 N–H and O–H groups in total. The van der Waals surface area contributed by atoms with Crippen LogP contribution >= 0.6 is 0 Å². The zero-order chi connectivity index (χ0) is 14.4. The lowest BCUT2D eigenvalue weighted by Gasteiger charge is -2.08. The second kappa shape index (κ2) is 6.90. The van der Waals surface area contributed by atoms with Gasteiger partial charge < -0.3 is 5.32 Å². The van der Waals surface area contributed by atoms with Crippen LogP contribution < -0.4 is 5.32 Å². The van der Waals surface area contributed by atoms with Gasteiger partial charge in [-0.25, -0.2) is 0 Å². The second-order valence-corrected chi connectivity index (χ2v) is 5.19. The zero-order valence-corrected chi connectivity index (χ0v) is 12.1.